The maximum absolute atomic E-state index is 10.7. The topological polar surface area (TPSA) is 78.4 Å². The molecule has 0 aromatic rings. The third kappa shape index (κ3) is 8.43. The summed E-state index contributed by atoms with van der Waals surface area (Å²) in [5.74, 6) is 0. The standard InChI is InChI=1S/C8H20N2O3S/c1-4-8(2,11)7-9-5-6-10-14(3,12)13/h9-11H,4-7H2,1-3H3. The number of hydrogen-bond donors (Lipinski definition) is 3. The van der Waals surface area contributed by atoms with Gasteiger partial charge in [-0.3, -0.25) is 0 Å². The van der Waals surface area contributed by atoms with Gasteiger partial charge >= 0.3 is 0 Å². The van der Waals surface area contributed by atoms with Crippen LogP contribution in [0.5, 0.6) is 0 Å². The maximum Gasteiger partial charge on any atom is 0.208 e. The summed E-state index contributed by atoms with van der Waals surface area (Å²) >= 11 is 0. The van der Waals surface area contributed by atoms with E-state index in [0.717, 1.165) is 6.26 Å². The van der Waals surface area contributed by atoms with E-state index in [4.69, 9.17) is 0 Å². The SMILES string of the molecule is CCC(C)(O)CNCCNS(C)(=O)=O. The van der Waals surface area contributed by atoms with Crippen LogP contribution in [0.3, 0.4) is 0 Å². The molecule has 0 aliphatic heterocycles. The van der Waals surface area contributed by atoms with E-state index in [1.54, 1.807) is 6.92 Å². The van der Waals surface area contributed by atoms with Gasteiger partial charge in [0.15, 0.2) is 0 Å². The monoisotopic (exact) mass is 224 g/mol. The zero-order valence-corrected chi connectivity index (χ0v) is 9.82. The molecule has 0 spiro atoms. The zero-order chi connectivity index (χ0) is 11.2. The second-order valence-corrected chi connectivity index (χ2v) is 5.53. The summed E-state index contributed by atoms with van der Waals surface area (Å²) in [5.41, 5.74) is -0.717. The Bertz CT molecular complexity index is 249. The van der Waals surface area contributed by atoms with Crippen LogP contribution in [0.4, 0.5) is 0 Å². The summed E-state index contributed by atoms with van der Waals surface area (Å²) in [6, 6.07) is 0. The fourth-order valence-corrected chi connectivity index (χ4v) is 1.28. The van der Waals surface area contributed by atoms with E-state index in [9.17, 15) is 13.5 Å². The minimum absolute atomic E-state index is 0.346. The molecule has 14 heavy (non-hydrogen) atoms. The van der Waals surface area contributed by atoms with Crippen molar-refractivity contribution in [2.24, 2.45) is 0 Å². The molecule has 5 nitrogen and oxygen atoms in total. The molecule has 0 aliphatic carbocycles. The molecule has 0 aromatic carbocycles. The van der Waals surface area contributed by atoms with E-state index >= 15 is 0 Å². The average molecular weight is 224 g/mol. The van der Waals surface area contributed by atoms with Gasteiger partial charge in [0.25, 0.3) is 0 Å². The molecule has 0 saturated carbocycles. The van der Waals surface area contributed by atoms with Crippen molar-refractivity contribution in [2.75, 3.05) is 25.9 Å². The average Bonchev–Trinajstić information content (AvgIpc) is 2.01. The van der Waals surface area contributed by atoms with Crippen molar-refractivity contribution in [3.63, 3.8) is 0 Å². The Hall–Kier alpha value is -0.170. The number of sulfonamides is 1. The molecule has 6 heteroatoms. The molecule has 0 aliphatic rings. The molecule has 3 N–H and O–H groups in total. The lowest BCUT2D eigenvalue weighted by molar-refractivity contribution is 0.0562. The van der Waals surface area contributed by atoms with Gasteiger partial charge < -0.3 is 10.4 Å². The van der Waals surface area contributed by atoms with E-state index in [1.165, 1.54) is 0 Å². The first-order chi connectivity index (χ1) is 6.27. The van der Waals surface area contributed by atoms with E-state index in [1.807, 2.05) is 6.92 Å². The molecular weight excluding hydrogens is 204 g/mol. The Balaban J connectivity index is 3.49. The molecule has 1 unspecified atom stereocenters. The van der Waals surface area contributed by atoms with Crippen molar-refractivity contribution in [2.45, 2.75) is 25.9 Å². The lowest BCUT2D eigenvalue weighted by atomic mass is 10.0. The van der Waals surface area contributed by atoms with Gasteiger partial charge in [-0.1, -0.05) is 6.92 Å². The highest BCUT2D eigenvalue weighted by molar-refractivity contribution is 7.88. The first kappa shape index (κ1) is 13.8. The molecular formula is C8H20N2O3S. The van der Waals surface area contributed by atoms with Crippen LogP contribution in [0.1, 0.15) is 20.3 Å². The molecule has 0 heterocycles. The van der Waals surface area contributed by atoms with Gasteiger partial charge in [0.2, 0.25) is 10.0 Å². The van der Waals surface area contributed by atoms with Crippen LogP contribution in [0, 0.1) is 0 Å². The smallest absolute Gasteiger partial charge is 0.208 e. The van der Waals surface area contributed by atoms with E-state index in [-0.39, 0.29) is 0 Å². The lowest BCUT2D eigenvalue weighted by Gasteiger charge is -2.21. The minimum atomic E-state index is -3.10. The van der Waals surface area contributed by atoms with Gasteiger partial charge in [0.05, 0.1) is 11.9 Å². The van der Waals surface area contributed by atoms with Crippen LogP contribution in [0.2, 0.25) is 0 Å². The van der Waals surface area contributed by atoms with Gasteiger partial charge in [0, 0.05) is 19.6 Å². The first-order valence-corrected chi connectivity index (χ1v) is 6.54. The second kappa shape index (κ2) is 5.65. The van der Waals surface area contributed by atoms with E-state index in [0.29, 0.717) is 26.1 Å². The second-order valence-electron chi connectivity index (χ2n) is 3.69. The third-order valence-electron chi connectivity index (χ3n) is 1.93. The van der Waals surface area contributed by atoms with E-state index < -0.39 is 15.6 Å². The Morgan fingerprint density at radius 2 is 1.93 bits per heavy atom. The fourth-order valence-electron chi connectivity index (χ4n) is 0.807. The predicted molar refractivity (Wildman–Crippen MR) is 56.6 cm³/mol. The van der Waals surface area contributed by atoms with Crippen molar-refractivity contribution in [1.29, 1.82) is 0 Å². The van der Waals surface area contributed by atoms with Crippen LogP contribution in [-0.2, 0) is 10.0 Å². The number of rotatable bonds is 7. The van der Waals surface area contributed by atoms with Crippen LogP contribution >= 0.6 is 0 Å². The molecule has 0 bridgehead atoms. The molecule has 0 fully saturated rings. The molecule has 0 saturated heterocycles. The Morgan fingerprint density at radius 1 is 1.36 bits per heavy atom. The number of nitrogens with one attached hydrogen (secondary N) is 2. The molecule has 0 rings (SSSR count). The highest BCUT2D eigenvalue weighted by atomic mass is 32.2. The fraction of sp³-hybridized carbons (Fsp3) is 1.00. The number of hydrogen-bond acceptors (Lipinski definition) is 4. The highest BCUT2D eigenvalue weighted by Gasteiger charge is 2.15. The number of aliphatic hydroxyl groups is 1. The molecule has 0 aromatic heterocycles. The van der Waals surface area contributed by atoms with Crippen molar-refractivity contribution in [3.05, 3.63) is 0 Å². The Labute approximate surface area is 85.9 Å². The summed E-state index contributed by atoms with van der Waals surface area (Å²) in [6.07, 6.45) is 1.79. The Morgan fingerprint density at radius 3 is 2.36 bits per heavy atom. The predicted octanol–water partition coefficient (Wildman–Crippen LogP) is -0.714. The molecule has 0 radical (unpaired) electrons. The highest BCUT2D eigenvalue weighted by Crippen LogP contribution is 2.05. The summed E-state index contributed by atoms with van der Waals surface area (Å²) < 4.78 is 23.7. The first-order valence-electron chi connectivity index (χ1n) is 4.64. The summed E-state index contributed by atoms with van der Waals surface area (Å²) in [7, 11) is -3.10. The lowest BCUT2D eigenvalue weighted by Crippen LogP contribution is -2.40. The summed E-state index contributed by atoms with van der Waals surface area (Å²) in [4.78, 5) is 0. The minimum Gasteiger partial charge on any atom is -0.389 e. The van der Waals surface area contributed by atoms with Crippen molar-refractivity contribution in [3.8, 4) is 0 Å². The molecule has 86 valence electrons. The Kier molecular flexibility index (Phi) is 5.58. The third-order valence-corrected chi connectivity index (χ3v) is 2.66. The largest absolute Gasteiger partial charge is 0.389 e. The molecule has 0 amide bonds. The van der Waals surface area contributed by atoms with Crippen LogP contribution in [0.15, 0.2) is 0 Å². The van der Waals surface area contributed by atoms with Gasteiger partial charge in [-0.05, 0) is 13.3 Å². The van der Waals surface area contributed by atoms with Crippen LogP contribution in [-0.4, -0.2) is 45.0 Å². The van der Waals surface area contributed by atoms with Crippen molar-refractivity contribution >= 4 is 10.0 Å². The summed E-state index contributed by atoms with van der Waals surface area (Å²) in [5, 5.41) is 12.6. The van der Waals surface area contributed by atoms with Crippen molar-refractivity contribution < 1.29 is 13.5 Å². The van der Waals surface area contributed by atoms with Gasteiger partial charge in [0.1, 0.15) is 0 Å². The van der Waals surface area contributed by atoms with Crippen LogP contribution < -0.4 is 10.0 Å². The summed E-state index contributed by atoms with van der Waals surface area (Å²) in [6.45, 7) is 4.97. The van der Waals surface area contributed by atoms with Gasteiger partial charge in [-0.15, -0.1) is 0 Å². The normalized spacial score (nSPS) is 16.6. The maximum atomic E-state index is 10.7. The molecule has 1 atom stereocenters. The van der Waals surface area contributed by atoms with Crippen LogP contribution in [0.25, 0.3) is 0 Å². The zero-order valence-electron chi connectivity index (χ0n) is 9.00. The van der Waals surface area contributed by atoms with Gasteiger partial charge in [-0.25, -0.2) is 13.1 Å². The quantitative estimate of drug-likeness (QED) is 0.499. The van der Waals surface area contributed by atoms with E-state index in [2.05, 4.69) is 10.0 Å². The van der Waals surface area contributed by atoms with Crippen molar-refractivity contribution in [1.82, 2.24) is 10.0 Å². The van der Waals surface area contributed by atoms with Gasteiger partial charge in [-0.2, -0.15) is 0 Å².